The molecule has 1 N–H and O–H groups in total. The normalized spacial score (nSPS) is 12.6. The highest BCUT2D eigenvalue weighted by Gasteiger charge is 2.09. The quantitative estimate of drug-likeness (QED) is 0.880. The van der Waals surface area contributed by atoms with Crippen LogP contribution in [0.15, 0.2) is 29.8 Å². The molecule has 1 unspecified atom stereocenters. The van der Waals surface area contributed by atoms with Gasteiger partial charge < -0.3 is 5.11 Å². The molecule has 0 aliphatic rings. The number of rotatable bonds is 4. The Morgan fingerprint density at radius 1 is 1.31 bits per heavy atom. The molecule has 0 saturated heterocycles. The molecule has 4 heteroatoms. The van der Waals surface area contributed by atoms with Crippen molar-refractivity contribution in [3.8, 4) is 0 Å². The highest BCUT2D eigenvalue weighted by molar-refractivity contribution is 7.09. The molecule has 0 aliphatic heterocycles. The number of nitrogens with zero attached hydrogens (tertiary/aromatic N) is 2. The predicted octanol–water partition coefficient (Wildman–Crippen LogP) is 1.99. The summed E-state index contributed by atoms with van der Waals surface area (Å²) >= 11 is 1.61. The molecule has 2 aromatic rings. The van der Waals surface area contributed by atoms with Crippen LogP contribution >= 0.6 is 11.3 Å². The molecule has 0 bridgehead atoms. The minimum absolute atomic E-state index is 0.406. The highest BCUT2D eigenvalue weighted by Crippen LogP contribution is 2.11. The largest absolute Gasteiger partial charge is 0.392 e. The molecular weight excluding hydrogens is 220 g/mol. The zero-order valence-corrected chi connectivity index (χ0v) is 9.94. The monoisotopic (exact) mass is 234 g/mol. The van der Waals surface area contributed by atoms with Gasteiger partial charge in [-0.3, -0.25) is 4.98 Å². The summed E-state index contributed by atoms with van der Waals surface area (Å²) in [5.74, 6) is 0. The Hall–Kier alpha value is -1.26. The summed E-state index contributed by atoms with van der Waals surface area (Å²) in [6.07, 6.45) is 2.52. The van der Waals surface area contributed by atoms with Crippen LogP contribution < -0.4 is 0 Å². The number of thiazole rings is 1. The molecule has 1 atom stereocenters. The molecule has 0 fully saturated rings. The van der Waals surface area contributed by atoms with Crippen molar-refractivity contribution in [2.75, 3.05) is 0 Å². The maximum absolute atomic E-state index is 9.89. The van der Waals surface area contributed by atoms with Gasteiger partial charge in [0, 0.05) is 30.1 Å². The van der Waals surface area contributed by atoms with Crippen LogP contribution in [0.3, 0.4) is 0 Å². The molecule has 0 aliphatic carbocycles. The fraction of sp³-hybridized carbons (Fsp3) is 0.333. The first kappa shape index (κ1) is 11.2. The van der Waals surface area contributed by atoms with Crippen LogP contribution in [0.25, 0.3) is 0 Å². The minimum Gasteiger partial charge on any atom is -0.392 e. The van der Waals surface area contributed by atoms with E-state index in [0.29, 0.717) is 12.8 Å². The average molecular weight is 234 g/mol. The fourth-order valence-corrected chi connectivity index (χ4v) is 2.20. The third-order valence-corrected chi connectivity index (χ3v) is 3.10. The van der Waals surface area contributed by atoms with Crippen molar-refractivity contribution in [2.45, 2.75) is 25.9 Å². The van der Waals surface area contributed by atoms with E-state index in [-0.39, 0.29) is 0 Å². The maximum atomic E-state index is 9.89. The second-order valence-electron chi connectivity index (χ2n) is 3.74. The smallest absolute Gasteiger partial charge is 0.0897 e. The molecule has 0 spiro atoms. The van der Waals surface area contributed by atoms with Crippen molar-refractivity contribution in [2.24, 2.45) is 0 Å². The van der Waals surface area contributed by atoms with Gasteiger partial charge in [-0.25, -0.2) is 4.98 Å². The van der Waals surface area contributed by atoms with E-state index >= 15 is 0 Å². The number of aliphatic hydroxyl groups is 1. The van der Waals surface area contributed by atoms with Crippen molar-refractivity contribution >= 4 is 11.3 Å². The average Bonchev–Trinajstić information content (AvgIpc) is 2.65. The zero-order chi connectivity index (χ0) is 11.4. The maximum Gasteiger partial charge on any atom is 0.0897 e. The van der Waals surface area contributed by atoms with E-state index in [4.69, 9.17) is 0 Å². The van der Waals surface area contributed by atoms with Crippen molar-refractivity contribution < 1.29 is 5.11 Å². The SMILES string of the molecule is Cc1nc(CC(O)Cc2ccccn2)cs1. The second kappa shape index (κ2) is 5.18. The summed E-state index contributed by atoms with van der Waals surface area (Å²) in [5, 5.41) is 12.9. The van der Waals surface area contributed by atoms with Gasteiger partial charge in [-0.05, 0) is 19.1 Å². The third-order valence-electron chi connectivity index (χ3n) is 2.28. The van der Waals surface area contributed by atoms with E-state index < -0.39 is 6.10 Å². The van der Waals surface area contributed by atoms with Crippen LogP contribution in [0.5, 0.6) is 0 Å². The number of aryl methyl sites for hydroxylation is 1. The van der Waals surface area contributed by atoms with Crippen LogP contribution in [0.1, 0.15) is 16.4 Å². The lowest BCUT2D eigenvalue weighted by molar-refractivity contribution is 0.173. The fourth-order valence-electron chi connectivity index (χ4n) is 1.58. The first-order valence-electron chi connectivity index (χ1n) is 5.23. The van der Waals surface area contributed by atoms with Crippen molar-refractivity contribution in [3.05, 3.63) is 46.2 Å². The number of hydrogen-bond donors (Lipinski definition) is 1. The van der Waals surface area contributed by atoms with Crippen LogP contribution in [0, 0.1) is 6.92 Å². The summed E-state index contributed by atoms with van der Waals surface area (Å²) in [6, 6.07) is 5.73. The standard InChI is InChI=1S/C12H14N2OS/c1-9-14-11(8-16-9)7-12(15)6-10-4-2-3-5-13-10/h2-5,8,12,15H,6-7H2,1H3. The van der Waals surface area contributed by atoms with Crippen molar-refractivity contribution in [1.29, 1.82) is 0 Å². The molecule has 0 amide bonds. The topological polar surface area (TPSA) is 46.0 Å². The first-order chi connectivity index (χ1) is 7.74. The van der Waals surface area contributed by atoms with E-state index in [1.165, 1.54) is 0 Å². The Morgan fingerprint density at radius 2 is 2.12 bits per heavy atom. The van der Waals surface area contributed by atoms with Gasteiger partial charge in [0.25, 0.3) is 0 Å². The van der Waals surface area contributed by atoms with E-state index in [9.17, 15) is 5.11 Å². The minimum atomic E-state index is -0.406. The van der Waals surface area contributed by atoms with Crippen LogP contribution in [0.2, 0.25) is 0 Å². The van der Waals surface area contributed by atoms with Crippen molar-refractivity contribution in [3.63, 3.8) is 0 Å². The molecule has 2 aromatic heterocycles. The Labute approximate surface area is 98.8 Å². The Bertz CT molecular complexity index is 441. The highest BCUT2D eigenvalue weighted by atomic mass is 32.1. The lowest BCUT2D eigenvalue weighted by Crippen LogP contribution is -2.14. The summed E-state index contributed by atoms with van der Waals surface area (Å²) < 4.78 is 0. The van der Waals surface area contributed by atoms with E-state index in [2.05, 4.69) is 9.97 Å². The number of hydrogen-bond acceptors (Lipinski definition) is 4. The van der Waals surface area contributed by atoms with Crippen LogP contribution in [0.4, 0.5) is 0 Å². The first-order valence-corrected chi connectivity index (χ1v) is 6.11. The van der Waals surface area contributed by atoms with Crippen molar-refractivity contribution in [1.82, 2.24) is 9.97 Å². The van der Waals surface area contributed by atoms with Gasteiger partial charge in [-0.2, -0.15) is 0 Å². The summed E-state index contributed by atoms with van der Waals surface area (Å²) in [5.41, 5.74) is 1.88. The summed E-state index contributed by atoms with van der Waals surface area (Å²) in [6.45, 7) is 1.97. The third kappa shape index (κ3) is 3.12. The zero-order valence-electron chi connectivity index (χ0n) is 9.13. The molecule has 3 nitrogen and oxygen atoms in total. The molecule has 0 aromatic carbocycles. The van der Waals surface area contributed by atoms with Gasteiger partial charge in [0.15, 0.2) is 0 Å². The van der Waals surface area contributed by atoms with Gasteiger partial charge in [0.1, 0.15) is 0 Å². The predicted molar refractivity (Wildman–Crippen MR) is 64.5 cm³/mol. The molecular formula is C12H14N2OS. The Balaban J connectivity index is 1.92. The van der Waals surface area contributed by atoms with Gasteiger partial charge >= 0.3 is 0 Å². The lowest BCUT2D eigenvalue weighted by Gasteiger charge is -2.07. The van der Waals surface area contributed by atoms with Gasteiger partial charge in [0.05, 0.1) is 16.8 Å². The summed E-state index contributed by atoms with van der Waals surface area (Å²) in [4.78, 5) is 8.52. The second-order valence-corrected chi connectivity index (χ2v) is 4.80. The van der Waals surface area contributed by atoms with E-state index in [0.717, 1.165) is 16.4 Å². The Kier molecular flexibility index (Phi) is 3.64. The van der Waals surface area contributed by atoms with E-state index in [1.807, 2.05) is 30.5 Å². The molecule has 0 radical (unpaired) electrons. The van der Waals surface area contributed by atoms with Crippen LogP contribution in [-0.4, -0.2) is 21.2 Å². The number of aromatic nitrogens is 2. The molecule has 84 valence electrons. The summed E-state index contributed by atoms with van der Waals surface area (Å²) in [7, 11) is 0. The molecule has 2 heterocycles. The molecule has 2 rings (SSSR count). The molecule has 16 heavy (non-hydrogen) atoms. The van der Waals surface area contributed by atoms with Gasteiger partial charge in [0.2, 0.25) is 0 Å². The molecule has 0 saturated carbocycles. The number of pyridine rings is 1. The number of aliphatic hydroxyl groups excluding tert-OH is 1. The lowest BCUT2D eigenvalue weighted by atomic mass is 10.1. The Morgan fingerprint density at radius 3 is 2.75 bits per heavy atom. The van der Waals surface area contributed by atoms with Crippen LogP contribution in [-0.2, 0) is 12.8 Å². The van der Waals surface area contributed by atoms with Gasteiger partial charge in [-0.1, -0.05) is 6.07 Å². The van der Waals surface area contributed by atoms with E-state index in [1.54, 1.807) is 17.5 Å². The van der Waals surface area contributed by atoms with Gasteiger partial charge in [-0.15, -0.1) is 11.3 Å².